The highest BCUT2D eigenvalue weighted by Gasteiger charge is 2.23. The van der Waals surface area contributed by atoms with Crippen molar-refractivity contribution in [2.75, 3.05) is 33.3 Å². The Balaban J connectivity index is 1.71. The van der Waals surface area contributed by atoms with Crippen LogP contribution in [0.5, 0.6) is 5.75 Å². The molecule has 1 saturated heterocycles. The number of hydrogen-bond donors (Lipinski definition) is 1. The number of nitrogens with one attached hydrogen (secondary N) is 1. The van der Waals surface area contributed by atoms with E-state index in [1.165, 1.54) is 0 Å². The van der Waals surface area contributed by atoms with E-state index in [1.807, 2.05) is 37.4 Å². The second kappa shape index (κ2) is 7.14. The minimum Gasteiger partial charge on any atom is -0.492 e. The molecule has 1 aromatic rings. The monoisotopic (exact) mass is 262 g/mol. The van der Waals surface area contributed by atoms with Gasteiger partial charge in [0.15, 0.2) is 0 Å². The Morgan fingerprint density at radius 2 is 2.21 bits per heavy atom. The van der Waals surface area contributed by atoms with E-state index in [4.69, 9.17) is 4.74 Å². The Hall–Kier alpha value is -1.55. The van der Waals surface area contributed by atoms with Crippen LogP contribution < -0.4 is 10.1 Å². The standard InChI is InChI=1S/C15H22N2O2/c1-17(15(18)13-6-5-9-16-12-13)10-11-19-14-7-3-2-4-8-14/h2-4,7-8,13,16H,5-6,9-12H2,1H3/t13-/m1/s1. The van der Waals surface area contributed by atoms with E-state index in [1.54, 1.807) is 4.90 Å². The molecule has 19 heavy (non-hydrogen) atoms. The van der Waals surface area contributed by atoms with Gasteiger partial charge < -0.3 is 15.0 Å². The molecule has 1 N–H and O–H groups in total. The Morgan fingerprint density at radius 3 is 2.89 bits per heavy atom. The zero-order chi connectivity index (χ0) is 13.5. The summed E-state index contributed by atoms with van der Waals surface area (Å²) >= 11 is 0. The number of rotatable bonds is 5. The third-order valence-corrected chi connectivity index (χ3v) is 3.46. The van der Waals surface area contributed by atoms with Gasteiger partial charge in [0.05, 0.1) is 12.5 Å². The molecule has 1 aliphatic rings. The molecular formula is C15H22N2O2. The van der Waals surface area contributed by atoms with Crippen LogP contribution in [0.2, 0.25) is 0 Å². The van der Waals surface area contributed by atoms with E-state index in [0.717, 1.165) is 31.7 Å². The molecule has 0 spiro atoms. The van der Waals surface area contributed by atoms with Crippen molar-refractivity contribution in [1.29, 1.82) is 0 Å². The summed E-state index contributed by atoms with van der Waals surface area (Å²) in [5.74, 6) is 1.21. The van der Waals surface area contributed by atoms with Crippen molar-refractivity contribution in [3.63, 3.8) is 0 Å². The number of carbonyl (C=O) groups excluding carboxylic acids is 1. The van der Waals surface area contributed by atoms with Gasteiger partial charge in [0.25, 0.3) is 0 Å². The maximum absolute atomic E-state index is 12.2. The maximum Gasteiger partial charge on any atom is 0.226 e. The molecular weight excluding hydrogens is 240 g/mol. The zero-order valence-corrected chi connectivity index (χ0v) is 11.5. The normalized spacial score (nSPS) is 18.9. The summed E-state index contributed by atoms with van der Waals surface area (Å²) in [6, 6.07) is 9.69. The van der Waals surface area contributed by atoms with Crippen molar-refractivity contribution in [3.05, 3.63) is 30.3 Å². The van der Waals surface area contributed by atoms with Crippen molar-refractivity contribution in [2.45, 2.75) is 12.8 Å². The number of benzene rings is 1. The van der Waals surface area contributed by atoms with Crippen molar-refractivity contribution in [3.8, 4) is 5.75 Å². The van der Waals surface area contributed by atoms with Crippen LogP contribution in [-0.4, -0.2) is 44.1 Å². The second-order valence-corrected chi connectivity index (χ2v) is 4.96. The molecule has 1 aliphatic heterocycles. The molecule has 104 valence electrons. The largest absolute Gasteiger partial charge is 0.492 e. The summed E-state index contributed by atoms with van der Waals surface area (Å²) in [6.07, 6.45) is 2.08. The Bertz CT molecular complexity index is 388. The molecule has 0 aromatic heterocycles. The molecule has 1 aromatic carbocycles. The summed E-state index contributed by atoms with van der Waals surface area (Å²) in [6.45, 7) is 3.00. The van der Waals surface area contributed by atoms with Crippen LogP contribution in [0.25, 0.3) is 0 Å². The Morgan fingerprint density at radius 1 is 1.42 bits per heavy atom. The quantitative estimate of drug-likeness (QED) is 0.875. The minimum absolute atomic E-state index is 0.135. The summed E-state index contributed by atoms with van der Waals surface area (Å²) in [5.41, 5.74) is 0. The van der Waals surface area contributed by atoms with Crippen molar-refractivity contribution < 1.29 is 9.53 Å². The fourth-order valence-electron chi connectivity index (χ4n) is 2.30. The zero-order valence-electron chi connectivity index (χ0n) is 11.5. The maximum atomic E-state index is 12.2. The fourth-order valence-corrected chi connectivity index (χ4v) is 2.30. The number of nitrogens with zero attached hydrogens (tertiary/aromatic N) is 1. The molecule has 0 bridgehead atoms. The number of ether oxygens (including phenoxy) is 1. The van der Waals surface area contributed by atoms with Crippen LogP contribution in [0.3, 0.4) is 0 Å². The number of piperidine rings is 1. The van der Waals surface area contributed by atoms with Gasteiger partial charge in [-0.15, -0.1) is 0 Å². The topological polar surface area (TPSA) is 41.6 Å². The molecule has 1 atom stereocenters. The van der Waals surface area contributed by atoms with Gasteiger partial charge in [-0.3, -0.25) is 4.79 Å². The van der Waals surface area contributed by atoms with Crippen LogP contribution in [-0.2, 0) is 4.79 Å². The molecule has 2 rings (SSSR count). The van der Waals surface area contributed by atoms with Crippen LogP contribution in [0, 0.1) is 5.92 Å². The van der Waals surface area contributed by atoms with Gasteiger partial charge in [0.1, 0.15) is 12.4 Å². The first kappa shape index (κ1) is 13.9. The highest BCUT2D eigenvalue weighted by Crippen LogP contribution is 2.13. The van der Waals surface area contributed by atoms with Gasteiger partial charge in [-0.2, -0.15) is 0 Å². The average molecular weight is 262 g/mol. The van der Waals surface area contributed by atoms with Crippen LogP contribution in [0.15, 0.2) is 30.3 Å². The molecule has 1 heterocycles. The second-order valence-electron chi connectivity index (χ2n) is 4.96. The van der Waals surface area contributed by atoms with Crippen LogP contribution >= 0.6 is 0 Å². The molecule has 0 radical (unpaired) electrons. The first-order chi connectivity index (χ1) is 9.27. The number of para-hydroxylation sites is 1. The number of amides is 1. The lowest BCUT2D eigenvalue weighted by atomic mass is 9.98. The summed E-state index contributed by atoms with van der Waals surface area (Å²) in [5, 5.41) is 3.27. The highest BCUT2D eigenvalue weighted by atomic mass is 16.5. The lowest BCUT2D eigenvalue weighted by Gasteiger charge is -2.27. The van der Waals surface area contributed by atoms with Gasteiger partial charge in [-0.25, -0.2) is 0 Å². The third kappa shape index (κ3) is 4.24. The Labute approximate surface area is 114 Å². The molecule has 4 nitrogen and oxygen atoms in total. The van der Waals surface area contributed by atoms with Gasteiger partial charge in [-0.05, 0) is 31.5 Å². The molecule has 0 saturated carbocycles. The summed E-state index contributed by atoms with van der Waals surface area (Å²) < 4.78 is 5.60. The van der Waals surface area contributed by atoms with E-state index in [2.05, 4.69) is 5.32 Å². The molecule has 4 heteroatoms. The number of carbonyl (C=O) groups is 1. The Kier molecular flexibility index (Phi) is 5.21. The third-order valence-electron chi connectivity index (χ3n) is 3.46. The number of likely N-dealkylation sites (N-methyl/N-ethyl adjacent to an activating group) is 1. The fraction of sp³-hybridized carbons (Fsp3) is 0.533. The van der Waals surface area contributed by atoms with Crippen molar-refractivity contribution in [2.24, 2.45) is 5.92 Å². The highest BCUT2D eigenvalue weighted by molar-refractivity contribution is 5.78. The van der Waals surface area contributed by atoms with Gasteiger partial charge in [0, 0.05) is 13.6 Å². The van der Waals surface area contributed by atoms with Gasteiger partial charge in [-0.1, -0.05) is 18.2 Å². The van der Waals surface area contributed by atoms with Crippen molar-refractivity contribution >= 4 is 5.91 Å². The van der Waals surface area contributed by atoms with E-state index < -0.39 is 0 Å². The first-order valence-electron chi connectivity index (χ1n) is 6.91. The van der Waals surface area contributed by atoms with Crippen LogP contribution in [0.1, 0.15) is 12.8 Å². The first-order valence-corrected chi connectivity index (χ1v) is 6.91. The van der Waals surface area contributed by atoms with E-state index in [9.17, 15) is 4.79 Å². The van der Waals surface area contributed by atoms with E-state index >= 15 is 0 Å². The van der Waals surface area contributed by atoms with Gasteiger partial charge in [0.2, 0.25) is 5.91 Å². The molecule has 0 aliphatic carbocycles. The number of hydrogen-bond acceptors (Lipinski definition) is 3. The predicted molar refractivity (Wildman–Crippen MR) is 75.2 cm³/mol. The predicted octanol–water partition coefficient (Wildman–Crippen LogP) is 1.52. The molecule has 1 fully saturated rings. The summed E-state index contributed by atoms with van der Waals surface area (Å²) in [4.78, 5) is 13.9. The average Bonchev–Trinajstić information content (AvgIpc) is 2.48. The SMILES string of the molecule is CN(CCOc1ccccc1)C(=O)[C@@H]1CCCNC1. The van der Waals surface area contributed by atoms with Gasteiger partial charge >= 0.3 is 0 Å². The minimum atomic E-state index is 0.135. The molecule has 0 unspecified atom stereocenters. The van der Waals surface area contributed by atoms with E-state index in [0.29, 0.717) is 13.2 Å². The van der Waals surface area contributed by atoms with Crippen LogP contribution in [0.4, 0.5) is 0 Å². The molecule has 1 amide bonds. The smallest absolute Gasteiger partial charge is 0.226 e. The lowest BCUT2D eigenvalue weighted by Crippen LogP contribution is -2.42. The van der Waals surface area contributed by atoms with Crippen molar-refractivity contribution in [1.82, 2.24) is 10.2 Å². The van der Waals surface area contributed by atoms with E-state index in [-0.39, 0.29) is 11.8 Å². The lowest BCUT2D eigenvalue weighted by molar-refractivity contribution is -0.135. The summed E-state index contributed by atoms with van der Waals surface area (Å²) in [7, 11) is 1.85.